The molecule has 2 aromatic rings. The fourth-order valence-corrected chi connectivity index (χ4v) is 1.76. The number of hydrogen-bond acceptors (Lipinski definition) is 1. The number of fused-ring (bicyclic) bond motifs is 1. The topological polar surface area (TPSA) is 17.8 Å². The van der Waals surface area contributed by atoms with Crippen molar-refractivity contribution in [3.05, 3.63) is 43.2 Å². The minimum atomic E-state index is 1.05. The molecule has 2 rings (SSSR count). The predicted molar refractivity (Wildman–Crippen MR) is 63.8 cm³/mol. The van der Waals surface area contributed by atoms with Crippen molar-refractivity contribution in [1.29, 1.82) is 0 Å². The minimum absolute atomic E-state index is 1.05. The summed E-state index contributed by atoms with van der Waals surface area (Å²) in [6.45, 7) is 4.78. The van der Waals surface area contributed by atoms with Crippen molar-refractivity contribution in [3.8, 4) is 0 Å². The number of benzene rings is 1. The van der Waals surface area contributed by atoms with Crippen LogP contribution in [0, 0.1) is 0 Å². The summed E-state index contributed by atoms with van der Waals surface area (Å²) in [4.78, 5) is 4.36. The van der Waals surface area contributed by atoms with Crippen LogP contribution in [0.2, 0.25) is 0 Å². The van der Waals surface area contributed by atoms with E-state index in [2.05, 4.69) is 34.3 Å². The molecule has 0 amide bonds. The molecule has 0 radical (unpaired) electrons. The zero-order chi connectivity index (χ0) is 10.5. The highest BCUT2D eigenvalue weighted by Crippen LogP contribution is 2.12. The first-order valence-electron chi connectivity index (χ1n) is 5.42. The molecular formula is C13H16N2. The molecule has 0 bridgehead atoms. The van der Waals surface area contributed by atoms with Crippen molar-refractivity contribution < 1.29 is 0 Å². The number of nitrogens with zero attached hydrogens (tertiary/aromatic N) is 2. The monoisotopic (exact) mass is 200 g/mol. The third-order valence-corrected chi connectivity index (χ3v) is 2.58. The fraction of sp³-hybridized carbons (Fsp3) is 0.308. The molecule has 0 N–H and O–H groups in total. The van der Waals surface area contributed by atoms with Gasteiger partial charge in [0.05, 0.1) is 17.4 Å². The summed E-state index contributed by atoms with van der Waals surface area (Å²) in [5.74, 6) is 0. The molecule has 0 spiro atoms. The van der Waals surface area contributed by atoms with E-state index in [0.717, 1.165) is 18.5 Å². The van der Waals surface area contributed by atoms with Gasteiger partial charge in [-0.3, -0.25) is 0 Å². The van der Waals surface area contributed by atoms with Crippen LogP contribution in [0.1, 0.15) is 19.3 Å². The molecule has 0 saturated carbocycles. The Morgan fingerprint density at radius 3 is 3.00 bits per heavy atom. The highest BCUT2D eigenvalue weighted by molar-refractivity contribution is 5.74. The molecule has 2 heteroatoms. The molecule has 15 heavy (non-hydrogen) atoms. The Labute approximate surface area is 90.3 Å². The molecule has 1 aromatic carbocycles. The number of hydrogen-bond donors (Lipinski definition) is 0. The Bertz CT molecular complexity index is 442. The quantitative estimate of drug-likeness (QED) is 0.534. The van der Waals surface area contributed by atoms with E-state index in [9.17, 15) is 0 Å². The van der Waals surface area contributed by atoms with E-state index in [0.29, 0.717) is 0 Å². The fourth-order valence-electron chi connectivity index (χ4n) is 1.76. The van der Waals surface area contributed by atoms with E-state index >= 15 is 0 Å². The maximum Gasteiger partial charge on any atom is 0.0958 e. The lowest BCUT2D eigenvalue weighted by Crippen LogP contribution is -1.95. The molecule has 0 aliphatic rings. The molecule has 1 heterocycles. The van der Waals surface area contributed by atoms with E-state index in [1.807, 2.05) is 18.5 Å². The third kappa shape index (κ3) is 2.27. The van der Waals surface area contributed by atoms with Gasteiger partial charge in [0.25, 0.3) is 0 Å². The molecule has 0 unspecified atom stereocenters. The first-order valence-corrected chi connectivity index (χ1v) is 5.42. The Morgan fingerprint density at radius 2 is 2.13 bits per heavy atom. The van der Waals surface area contributed by atoms with Gasteiger partial charge in [0.1, 0.15) is 0 Å². The predicted octanol–water partition coefficient (Wildman–Crippen LogP) is 3.39. The lowest BCUT2D eigenvalue weighted by molar-refractivity contribution is 0.626. The van der Waals surface area contributed by atoms with Crippen molar-refractivity contribution in [2.75, 3.05) is 0 Å². The van der Waals surface area contributed by atoms with Gasteiger partial charge in [0.2, 0.25) is 0 Å². The maximum absolute atomic E-state index is 4.36. The second kappa shape index (κ2) is 4.78. The lowest BCUT2D eigenvalue weighted by Gasteiger charge is -2.02. The molecule has 0 fully saturated rings. The molecule has 2 nitrogen and oxygen atoms in total. The number of imidazole rings is 1. The first-order chi connectivity index (χ1) is 7.42. The molecule has 0 atom stereocenters. The molecule has 78 valence electrons. The normalized spacial score (nSPS) is 10.7. The highest BCUT2D eigenvalue weighted by atomic mass is 15.0. The summed E-state index contributed by atoms with van der Waals surface area (Å²) < 4.78 is 2.22. The van der Waals surface area contributed by atoms with Crippen LogP contribution in [0.15, 0.2) is 43.2 Å². The number of aryl methyl sites for hydroxylation is 1. The highest BCUT2D eigenvalue weighted by Gasteiger charge is 1.99. The zero-order valence-electron chi connectivity index (χ0n) is 8.89. The summed E-state index contributed by atoms with van der Waals surface area (Å²) in [7, 11) is 0. The number of rotatable bonds is 5. The Morgan fingerprint density at radius 1 is 1.27 bits per heavy atom. The van der Waals surface area contributed by atoms with Crippen LogP contribution in [-0.2, 0) is 6.54 Å². The van der Waals surface area contributed by atoms with E-state index in [1.54, 1.807) is 0 Å². The summed E-state index contributed by atoms with van der Waals surface area (Å²) >= 11 is 0. The SMILES string of the molecule is C=CCCCCn1cnc2ccccc21. The summed E-state index contributed by atoms with van der Waals surface area (Å²) in [6, 6.07) is 8.26. The maximum atomic E-state index is 4.36. The van der Waals surface area contributed by atoms with Crippen LogP contribution in [0.4, 0.5) is 0 Å². The van der Waals surface area contributed by atoms with Crippen molar-refractivity contribution in [3.63, 3.8) is 0 Å². The number of aromatic nitrogens is 2. The van der Waals surface area contributed by atoms with Gasteiger partial charge in [-0.05, 0) is 31.4 Å². The van der Waals surface area contributed by atoms with Gasteiger partial charge in [-0.2, -0.15) is 0 Å². The van der Waals surface area contributed by atoms with Crippen LogP contribution in [0.25, 0.3) is 11.0 Å². The second-order valence-electron chi connectivity index (χ2n) is 3.71. The summed E-state index contributed by atoms with van der Waals surface area (Å²) in [6.07, 6.45) is 7.40. The number of unbranched alkanes of at least 4 members (excludes halogenated alkanes) is 2. The van der Waals surface area contributed by atoms with Gasteiger partial charge in [-0.25, -0.2) is 4.98 Å². The molecule has 0 aliphatic carbocycles. The molecular weight excluding hydrogens is 184 g/mol. The minimum Gasteiger partial charge on any atom is -0.331 e. The van der Waals surface area contributed by atoms with Gasteiger partial charge in [0.15, 0.2) is 0 Å². The number of allylic oxidation sites excluding steroid dienone is 1. The average Bonchev–Trinajstić information content (AvgIpc) is 2.68. The van der Waals surface area contributed by atoms with Gasteiger partial charge in [-0.15, -0.1) is 6.58 Å². The van der Waals surface area contributed by atoms with Crippen molar-refractivity contribution in [1.82, 2.24) is 9.55 Å². The van der Waals surface area contributed by atoms with Gasteiger partial charge in [0, 0.05) is 6.54 Å². The number of para-hydroxylation sites is 2. The van der Waals surface area contributed by atoms with Gasteiger partial charge < -0.3 is 4.57 Å². The van der Waals surface area contributed by atoms with Crippen molar-refractivity contribution in [2.24, 2.45) is 0 Å². The van der Waals surface area contributed by atoms with Crippen molar-refractivity contribution >= 4 is 11.0 Å². The Hall–Kier alpha value is -1.57. The summed E-state index contributed by atoms with van der Waals surface area (Å²) in [5.41, 5.74) is 2.32. The molecule has 1 aromatic heterocycles. The van der Waals surface area contributed by atoms with Crippen LogP contribution >= 0.6 is 0 Å². The van der Waals surface area contributed by atoms with Crippen LogP contribution in [0.5, 0.6) is 0 Å². The largest absolute Gasteiger partial charge is 0.331 e. The van der Waals surface area contributed by atoms with Crippen LogP contribution in [-0.4, -0.2) is 9.55 Å². The van der Waals surface area contributed by atoms with Gasteiger partial charge in [-0.1, -0.05) is 18.2 Å². The van der Waals surface area contributed by atoms with Crippen molar-refractivity contribution in [2.45, 2.75) is 25.8 Å². The second-order valence-corrected chi connectivity index (χ2v) is 3.71. The zero-order valence-corrected chi connectivity index (χ0v) is 8.89. The standard InChI is InChI=1S/C13H16N2/c1-2-3-4-7-10-15-11-14-12-8-5-6-9-13(12)15/h2,5-6,8-9,11H,1,3-4,7,10H2. The van der Waals surface area contributed by atoms with E-state index in [-0.39, 0.29) is 0 Å². The first kappa shape index (κ1) is 9.97. The summed E-state index contributed by atoms with van der Waals surface area (Å²) in [5, 5.41) is 0. The Kier molecular flexibility index (Phi) is 3.18. The van der Waals surface area contributed by atoms with E-state index in [4.69, 9.17) is 0 Å². The average molecular weight is 200 g/mol. The van der Waals surface area contributed by atoms with Crippen LogP contribution < -0.4 is 0 Å². The molecule has 0 saturated heterocycles. The smallest absolute Gasteiger partial charge is 0.0958 e. The third-order valence-electron chi connectivity index (χ3n) is 2.58. The molecule has 0 aliphatic heterocycles. The van der Waals surface area contributed by atoms with Crippen LogP contribution in [0.3, 0.4) is 0 Å². The van der Waals surface area contributed by atoms with E-state index < -0.39 is 0 Å². The Balaban J connectivity index is 2.05. The van der Waals surface area contributed by atoms with Gasteiger partial charge >= 0.3 is 0 Å². The lowest BCUT2D eigenvalue weighted by atomic mass is 10.2. The van der Waals surface area contributed by atoms with E-state index in [1.165, 1.54) is 18.4 Å².